The molecule has 0 radical (unpaired) electrons. The largest absolute Gasteiger partial charge is 0.381 e. The number of ether oxygens (including phenoxy) is 3. The predicted octanol–water partition coefficient (Wildman–Crippen LogP) is 1.85. The van der Waals surface area contributed by atoms with Gasteiger partial charge in [-0.25, -0.2) is 0 Å². The van der Waals surface area contributed by atoms with Crippen molar-refractivity contribution in [2.24, 2.45) is 11.8 Å². The second-order valence-electron chi connectivity index (χ2n) is 7.20. The molecule has 1 amide bonds. The molecule has 2 heterocycles. The molecular weight excluding hydrogens is 282 g/mol. The Bertz CT molecular complexity index is 394. The van der Waals surface area contributed by atoms with E-state index < -0.39 is 0 Å². The minimum atomic E-state index is -0.178. The Morgan fingerprint density at radius 2 is 2.23 bits per heavy atom. The summed E-state index contributed by atoms with van der Waals surface area (Å²) in [6.07, 6.45) is 4.46. The number of carbonyl (C=O) groups is 1. The van der Waals surface area contributed by atoms with Crippen LogP contribution in [0.2, 0.25) is 0 Å². The SMILES string of the molecule is CC(C)OC[C@H]1CCC[C@]12CN(C(=O)[C@H]1CCOC1)CCO2. The molecule has 3 aliphatic rings. The zero-order chi connectivity index (χ0) is 15.6. The van der Waals surface area contributed by atoms with Gasteiger partial charge in [-0.15, -0.1) is 0 Å². The van der Waals surface area contributed by atoms with Crippen molar-refractivity contribution >= 4 is 5.91 Å². The van der Waals surface area contributed by atoms with E-state index in [1.165, 1.54) is 6.42 Å². The number of morpholine rings is 1. The van der Waals surface area contributed by atoms with Crippen LogP contribution in [0.5, 0.6) is 0 Å². The van der Waals surface area contributed by atoms with E-state index in [-0.39, 0.29) is 23.5 Å². The number of hydrogen-bond donors (Lipinski definition) is 0. The summed E-state index contributed by atoms with van der Waals surface area (Å²) in [5.74, 6) is 0.725. The third-order valence-electron chi connectivity index (χ3n) is 5.33. The summed E-state index contributed by atoms with van der Waals surface area (Å²) in [5, 5.41) is 0. The Labute approximate surface area is 133 Å². The number of carbonyl (C=O) groups excluding carboxylic acids is 1. The van der Waals surface area contributed by atoms with Gasteiger partial charge in [0.15, 0.2) is 0 Å². The molecule has 3 rings (SSSR count). The summed E-state index contributed by atoms with van der Waals surface area (Å²) >= 11 is 0. The standard InChI is InChI=1S/C17H29NO4/c1-13(2)21-11-15-4-3-6-17(15)12-18(7-9-22-17)16(19)14-5-8-20-10-14/h13-15H,3-12H2,1-2H3/t14-,15+,17-/m0/s1. The Kier molecular flexibility index (Phi) is 5.05. The summed E-state index contributed by atoms with van der Waals surface area (Å²) in [4.78, 5) is 14.7. The summed E-state index contributed by atoms with van der Waals surface area (Å²) in [6.45, 7) is 8.28. The Morgan fingerprint density at radius 3 is 2.95 bits per heavy atom. The van der Waals surface area contributed by atoms with Crippen molar-refractivity contribution in [2.45, 2.75) is 51.2 Å². The van der Waals surface area contributed by atoms with Crippen molar-refractivity contribution in [3.8, 4) is 0 Å². The van der Waals surface area contributed by atoms with E-state index in [9.17, 15) is 4.79 Å². The maximum absolute atomic E-state index is 12.7. The molecule has 1 saturated carbocycles. The van der Waals surface area contributed by atoms with Gasteiger partial charge in [-0.1, -0.05) is 6.42 Å². The smallest absolute Gasteiger partial charge is 0.228 e. The van der Waals surface area contributed by atoms with Gasteiger partial charge in [-0.05, 0) is 33.1 Å². The Hall–Kier alpha value is -0.650. The zero-order valence-electron chi connectivity index (χ0n) is 13.9. The molecule has 3 atom stereocenters. The maximum atomic E-state index is 12.7. The van der Waals surface area contributed by atoms with Crippen molar-refractivity contribution in [1.82, 2.24) is 4.90 Å². The van der Waals surface area contributed by atoms with Gasteiger partial charge in [-0.3, -0.25) is 4.79 Å². The average Bonchev–Trinajstić information content (AvgIpc) is 3.15. The molecule has 5 nitrogen and oxygen atoms in total. The molecule has 22 heavy (non-hydrogen) atoms. The third kappa shape index (κ3) is 3.31. The first-order valence-electron chi connectivity index (χ1n) is 8.73. The fraction of sp³-hybridized carbons (Fsp3) is 0.941. The maximum Gasteiger partial charge on any atom is 0.228 e. The fourth-order valence-corrected chi connectivity index (χ4v) is 4.04. The number of hydrogen-bond acceptors (Lipinski definition) is 4. The third-order valence-corrected chi connectivity index (χ3v) is 5.33. The molecule has 2 aliphatic heterocycles. The fourth-order valence-electron chi connectivity index (χ4n) is 4.04. The quantitative estimate of drug-likeness (QED) is 0.795. The molecule has 1 spiro atoms. The summed E-state index contributed by atoms with van der Waals surface area (Å²) in [7, 11) is 0. The van der Waals surface area contributed by atoms with E-state index in [1.54, 1.807) is 0 Å². The van der Waals surface area contributed by atoms with Gasteiger partial charge < -0.3 is 19.1 Å². The van der Waals surface area contributed by atoms with Crippen molar-refractivity contribution in [2.75, 3.05) is 39.5 Å². The predicted molar refractivity (Wildman–Crippen MR) is 82.6 cm³/mol. The van der Waals surface area contributed by atoms with Crippen molar-refractivity contribution in [1.29, 1.82) is 0 Å². The Balaban J connectivity index is 1.64. The molecule has 0 N–H and O–H groups in total. The minimum absolute atomic E-state index is 0.0573. The van der Waals surface area contributed by atoms with Crippen LogP contribution in [0.15, 0.2) is 0 Å². The van der Waals surface area contributed by atoms with E-state index in [0.29, 0.717) is 19.1 Å². The second kappa shape index (κ2) is 6.85. The van der Waals surface area contributed by atoms with Crippen molar-refractivity contribution < 1.29 is 19.0 Å². The van der Waals surface area contributed by atoms with Crippen LogP contribution in [0.4, 0.5) is 0 Å². The van der Waals surface area contributed by atoms with E-state index in [4.69, 9.17) is 14.2 Å². The van der Waals surface area contributed by atoms with Gasteiger partial charge in [0, 0.05) is 19.1 Å². The molecule has 0 aromatic carbocycles. The van der Waals surface area contributed by atoms with Crippen LogP contribution in [-0.2, 0) is 19.0 Å². The molecule has 0 aromatic heterocycles. The highest BCUT2D eigenvalue weighted by Gasteiger charge is 2.48. The molecule has 3 fully saturated rings. The highest BCUT2D eigenvalue weighted by molar-refractivity contribution is 5.79. The lowest BCUT2D eigenvalue weighted by molar-refractivity contribution is -0.166. The summed E-state index contributed by atoms with van der Waals surface area (Å²) < 4.78 is 17.4. The molecular formula is C17H29NO4. The van der Waals surface area contributed by atoms with Gasteiger partial charge in [0.1, 0.15) is 0 Å². The molecule has 2 saturated heterocycles. The molecule has 0 aromatic rings. The van der Waals surface area contributed by atoms with Crippen molar-refractivity contribution in [3.63, 3.8) is 0 Å². The number of nitrogens with zero attached hydrogens (tertiary/aromatic N) is 1. The first kappa shape index (κ1) is 16.2. The lowest BCUT2D eigenvalue weighted by atomic mass is 9.88. The van der Waals surface area contributed by atoms with Crippen LogP contribution >= 0.6 is 0 Å². The molecule has 0 bridgehead atoms. The zero-order valence-corrected chi connectivity index (χ0v) is 13.9. The molecule has 1 aliphatic carbocycles. The van der Waals surface area contributed by atoms with Crippen LogP contribution < -0.4 is 0 Å². The van der Waals surface area contributed by atoms with Crippen LogP contribution in [0.25, 0.3) is 0 Å². The summed E-state index contributed by atoms with van der Waals surface area (Å²) in [5.41, 5.74) is -0.178. The minimum Gasteiger partial charge on any atom is -0.381 e. The highest BCUT2D eigenvalue weighted by Crippen LogP contribution is 2.41. The normalized spacial score (nSPS) is 35.7. The molecule has 5 heteroatoms. The number of amides is 1. The van der Waals surface area contributed by atoms with Gasteiger partial charge in [0.05, 0.1) is 44.0 Å². The average molecular weight is 311 g/mol. The molecule has 126 valence electrons. The van der Waals surface area contributed by atoms with E-state index in [2.05, 4.69) is 13.8 Å². The van der Waals surface area contributed by atoms with Crippen LogP contribution in [0, 0.1) is 11.8 Å². The Morgan fingerprint density at radius 1 is 1.36 bits per heavy atom. The van der Waals surface area contributed by atoms with Crippen LogP contribution in [0.3, 0.4) is 0 Å². The summed E-state index contributed by atoms with van der Waals surface area (Å²) in [6, 6.07) is 0. The van der Waals surface area contributed by atoms with Gasteiger partial charge in [0.2, 0.25) is 5.91 Å². The lowest BCUT2D eigenvalue weighted by Crippen LogP contribution is -2.57. The van der Waals surface area contributed by atoms with Crippen LogP contribution in [-0.4, -0.2) is 62.0 Å². The first-order chi connectivity index (χ1) is 10.6. The van der Waals surface area contributed by atoms with Gasteiger partial charge in [0.25, 0.3) is 0 Å². The van der Waals surface area contributed by atoms with E-state index in [0.717, 1.165) is 45.6 Å². The number of rotatable bonds is 4. The first-order valence-corrected chi connectivity index (χ1v) is 8.73. The van der Waals surface area contributed by atoms with Crippen LogP contribution in [0.1, 0.15) is 39.5 Å². The van der Waals surface area contributed by atoms with E-state index >= 15 is 0 Å². The molecule has 0 unspecified atom stereocenters. The topological polar surface area (TPSA) is 48.0 Å². The second-order valence-corrected chi connectivity index (χ2v) is 7.20. The highest BCUT2D eigenvalue weighted by atomic mass is 16.5. The van der Waals surface area contributed by atoms with E-state index in [1.807, 2.05) is 4.90 Å². The lowest BCUT2D eigenvalue weighted by Gasteiger charge is -2.44. The van der Waals surface area contributed by atoms with Gasteiger partial charge in [-0.2, -0.15) is 0 Å². The van der Waals surface area contributed by atoms with Gasteiger partial charge >= 0.3 is 0 Å². The van der Waals surface area contributed by atoms with Crippen molar-refractivity contribution in [3.05, 3.63) is 0 Å². The monoisotopic (exact) mass is 311 g/mol.